The van der Waals surface area contributed by atoms with Crippen molar-refractivity contribution < 1.29 is 14.4 Å². The lowest BCUT2D eigenvalue weighted by Crippen LogP contribution is -2.41. The second-order valence-electron chi connectivity index (χ2n) is 11.1. The van der Waals surface area contributed by atoms with Crippen LogP contribution in [0.4, 0.5) is 11.4 Å². The number of ether oxygens (including phenoxy) is 1. The van der Waals surface area contributed by atoms with Crippen LogP contribution < -0.4 is 25.3 Å². The predicted octanol–water partition coefficient (Wildman–Crippen LogP) is 4.52. The summed E-state index contributed by atoms with van der Waals surface area (Å²) in [6, 6.07) is 18.8. The van der Waals surface area contributed by atoms with E-state index in [0.29, 0.717) is 13.2 Å². The van der Waals surface area contributed by atoms with Crippen molar-refractivity contribution in [1.29, 1.82) is 0 Å². The molecule has 0 bridgehead atoms. The fourth-order valence-corrected chi connectivity index (χ4v) is 6.48. The molecule has 7 heteroatoms. The number of fused-ring (bicyclic) bond motifs is 3. The van der Waals surface area contributed by atoms with E-state index in [9.17, 15) is 4.79 Å². The number of piperidine rings is 1. The Balaban J connectivity index is 1.12. The quantitative estimate of drug-likeness (QED) is 0.540. The smallest absolute Gasteiger partial charge is 0.258 e. The summed E-state index contributed by atoms with van der Waals surface area (Å²) < 4.78 is 6.16. The molecule has 0 aromatic heterocycles. The molecule has 3 aromatic rings. The monoisotopic (exact) mass is 510 g/mol. The number of nitrogens with zero attached hydrogens (tertiary/aromatic N) is 2. The number of nitrogens with one attached hydrogen (secondary N) is 2. The van der Waals surface area contributed by atoms with Gasteiger partial charge in [0.2, 0.25) is 0 Å². The number of carbonyl (C=O) groups excluding carboxylic acids is 1. The Hall–Kier alpha value is -3.39. The minimum absolute atomic E-state index is 0.0163. The van der Waals surface area contributed by atoms with E-state index in [0.717, 1.165) is 72.8 Å². The standard InChI is InChI=1S/C31H34N4O3/c1-20-15-25(35-19-33-21(2)38-35)7-8-26(20)22-3-5-23(6-4-22)30(36)34-14-9-24-16-29-27(17-28(24)34)31(18-37-29)10-12-32-13-11-31/h3-8,15-17,21,32-33H,9-14,18-19H2,1-2H3. The first kappa shape index (κ1) is 23.7. The largest absolute Gasteiger partial charge is 0.492 e. The van der Waals surface area contributed by atoms with E-state index < -0.39 is 0 Å². The number of anilines is 2. The first-order valence-electron chi connectivity index (χ1n) is 13.7. The van der Waals surface area contributed by atoms with E-state index in [4.69, 9.17) is 9.57 Å². The Morgan fingerprint density at radius 1 is 1.05 bits per heavy atom. The molecule has 4 aliphatic heterocycles. The lowest BCUT2D eigenvalue weighted by Gasteiger charge is -2.33. The van der Waals surface area contributed by atoms with Gasteiger partial charge in [0, 0.05) is 28.8 Å². The number of carbonyl (C=O) groups is 1. The van der Waals surface area contributed by atoms with Crippen molar-refractivity contribution in [2.45, 2.75) is 44.8 Å². The van der Waals surface area contributed by atoms with Gasteiger partial charge < -0.3 is 15.0 Å². The normalized spacial score (nSPS) is 21.5. The maximum absolute atomic E-state index is 13.7. The molecule has 3 aromatic carbocycles. The molecule has 2 fully saturated rings. The summed E-state index contributed by atoms with van der Waals surface area (Å²) in [6.07, 6.45) is 3.04. The van der Waals surface area contributed by atoms with Crippen molar-refractivity contribution in [3.05, 3.63) is 76.9 Å². The van der Waals surface area contributed by atoms with E-state index >= 15 is 0 Å². The highest BCUT2D eigenvalue weighted by Gasteiger charge is 2.43. The van der Waals surface area contributed by atoms with Gasteiger partial charge in [-0.2, -0.15) is 0 Å². The highest BCUT2D eigenvalue weighted by molar-refractivity contribution is 6.07. The number of aryl methyl sites for hydroxylation is 1. The molecule has 1 unspecified atom stereocenters. The molecule has 1 spiro atoms. The zero-order valence-electron chi connectivity index (χ0n) is 22.0. The summed E-state index contributed by atoms with van der Waals surface area (Å²) in [7, 11) is 0. The molecule has 4 heterocycles. The molecule has 0 radical (unpaired) electrons. The van der Waals surface area contributed by atoms with Crippen molar-refractivity contribution in [3.8, 4) is 16.9 Å². The predicted molar refractivity (Wildman–Crippen MR) is 149 cm³/mol. The molecule has 2 N–H and O–H groups in total. The zero-order valence-corrected chi connectivity index (χ0v) is 22.0. The molecular weight excluding hydrogens is 476 g/mol. The van der Waals surface area contributed by atoms with Crippen LogP contribution >= 0.6 is 0 Å². The molecule has 7 nitrogen and oxygen atoms in total. The zero-order chi connectivity index (χ0) is 25.9. The van der Waals surface area contributed by atoms with Crippen LogP contribution in [0.3, 0.4) is 0 Å². The van der Waals surface area contributed by atoms with Gasteiger partial charge in [-0.05, 0) is 105 Å². The molecule has 38 heavy (non-hydrogen) atoms. The van der Waals surface area contributed by atoms with Gasteiger partial charge in [-0.3, -0.25) is 14.9 Å². The first-order valence-corrected chi connectivity index (χ1v) is 13.7. The number of benzene rings is 3. The minimum atomic E-state index is 0.0163. The highest BCUT2D eigenvalue weighted by Crippen LogP contribution is 2.48. The van der Waals surface area contributed by atoms with Gasteiger partial charge in [0.15, 0.2) is 0 Å². The van der Waals surface area contributed by atoms with Crippen LogP contribution in [0.2, 0.25) is 0 Å². The van der Waals surface area contributed by atoms with Crippen LogP contribution in [0.5, 0.6) is 5.75 Å². The van der Waals surface area contributed by atoms with Gasteiger partial charge in [-0.25, -0.2) is 5.06 Å². The van der Waals surface area contributed by atoms with E-state index in [1.165, 1.54) is 16.7 Å². The van der Waals surface area contributed by atoms with Gasteiger partial charge in [-0.1, -0.05) is 18.2 Å². The molecule has 0 aliphatic carbocycles. The van der Waals surface area contributed by atoms with Crippen LogP contribution in [0.25, 0.3) is 11.1 Å². The first-order chi connectivity index (χ1) is 18.5. The lowest BCUT2D eigenvalue weighted by atomic mass is 9.74. The summed E-state index contributed by atoms with van der Waals surface area (Å²) in [5, 5.41) is 8.62. The molecule has 2 saturated heterocycles. The topological polar surface area (TPSA) is 66.1 Å². The summed E-state index contributed by atoms with van der Waals surface area (Å²) in [5.41, 5.74) is 8.81. The SMILES string of the molecule is Cc1cc(N2CNC(C)O2)ccc1-c1ccc(C(=O)N2CCc3cc4c(cc32)C2(CCNCC2)CO4)cc1. The summed E-state index contributed by atoms with van der Waals surface area (Å²) in [4.78, 5) is 21.4. The minimum Gasteiger partial charge on any atom is -0.492 e. The molecule has 4 aliphatic rings. The molecule has 1 atom stereocenters. The second kappa shape index (κ2) is 9.12. The van der Waals surface area contributed by atoms with Gasteiger partial charge in [-0.15, -0.1) is 0 Å². The summed E-state index contributed by atoms with van der Waals surface area (Å²) >= 11 is 0. The van der Waals surface area contributed by atoms with Crippen LogP contribution in [-0.4, -0.2) is 45.0 Å². The average molecular weight is 511 g/mol. The number of hydroxylamine groups is 1. The number of rotatable bonds is 3. The maximum Gasteiger partial charge on any atom is 0.258 e. The van der Waals surface area contributed by atoms with Gasteiger partial charge in [0.05, 0.1) is 19.0 Å². The summed E-state index contributed by atoms with van der Waals surface area (Å²) in [5.74, 6) is 1.08. The second-order valence-corrected chi connectivity index (χ2v) is 11.1. The van der Waals surface area contributed by atoms with Gasteiger partial charge in [0.1, 0.15) is 12.0 Å². The third-order valence-corrected chi connectivity index (χ3v) is 8.71. The Bertz CT molecular complexity index is 1400. The maximum atomic E-state index is 13.7. The van der Waals surface area contributed by atoms with Crippen molar-refractivity contribution in [1.82, 2.24) is 10.6 Å². The van der Waals surface area contributed by atoms with Crippen molar-refractivity contribution in [3.63, 3.8) is 0 Å². The molecule has 196 valence electrons. The van der Waals surface area contributed by atoms with Crippen LogP contribution in [-0.2, 0) is 16.7 Å². The van der Waals surface area contributed by atoms with E-state index in [2.05, 4.69) is 60.0 Å². The Morgan fingerprint density at radius 3 is 2.61 bits per heavy atom. The summed E-state index contributed by atoms with van der Waals surface area (Å²) in [6.45, 7) is 8.27. The average Bonchev–Trinajstić information content (AvgIpc) is 3.65. The molecule has 7 rings (SSSR count). The molecular formula is C31H34N4O3. The van der Waals surface area contributed by atoms with Crippen molar-refractivity contribution in [2.75, 3.05) is 42.9 Å². The van der Waals surface area contributed by atoms with Crippen LogP contribution in [0.15, 0.2) is 54.6 Å². The Labute approximate surface area is 223 Å². The Kier molecular flexibility index (Phi) is 5.69. The molecule has 1 amide bonds. The van der Waals surface area contributed by atoms with Gasteiger partial charge >= 0.3 is 0 Å². The third kappa shape index (κ3) is 3.88. The van der Waals surface area contributed by atoms with Gasteiger partial charge in [0.25, 0.3) is 5.91 Å². The highest BCUT2D eigenvalue weighted by atomic mass is 16.7. The van der Waals surface area contributed by atoms with Crippen LogP contribution in [0, 0.1) is 6.92 Å². The number of amides is 1. The lowest BCUT2D eigenvalue weighted by molar-refractivity contribution is 0.0925. The number of hydrogen-bond acceptors (Lipinski definition) is 6. The van der Waals surface area contributed by atoms with E-state index in [1.54, 1.807) is 0 Å². The number of hydrogen-bond donors (Lipinski definition) is 2. The van der Waals surface area contributed by atoms with Crippen molar-refractivity contribution in [2.24, 2.45) is 0 Å². The van der Waals surface area contributed by atoms with E-state index in [-0.39, 0.29) is 17.6 Å². The Morgan fingerprint density at radius 2 is 1.87 bits per heavy atom. The fraction of sp³-hybridized carbons (Fsp3) is 0.387. The van der Waals surface area contributed by atoms with Crippen molar-refractivity contribution >= 4 is 17.3 Å². The molecule has 0 saturated carbocycles. The van der Waals surface area contributed by atoms with Crippen LogP contribution in [0.1, 0.15) is 46.8 Å². The van der Waals surface area contributed by atoms with E-state index in [1.807, 2.05) is 29.0 Å². The fourth-order valence-electron chi connectivity index (χ4n) is 6.48. The third-order valence-electron chi connectivity index (χ3n) is 8.71.